The van der Waals surface area contributed by atoms with Crippen LogP contribution in [0.2, 0.25) is 0 Å². The number of ether oxygens (including phenoxy) is 1. The number of hydrogen-bond donors (Lipinski definition) is 2. The van der Waals surface area contributed by atoms with Crippen LogP contribution in [0.3, 0.4) is 0 Å². The van der Waals surface area contributed by atoms with Crippen molar-refractivity contribution in [1.29, 1.82) is 0 Å². The molecule has 0 saturated carbocycles. The Hall–Kier alpha value is -2.21. The first kappa shape index (κ1) is 14.2. The fraction of sp³-hybridized carbons (Fsp3) is 0.143. The highest BCUT2D eigenvalue weighted by atomic mass is 32.2. The van der Waals surface area contributed by atoms with Crippen molar-refractivity contribution >= 4 is 17.6 Å². The summed E-state index contributed by atoms with van der Waals surface area (Å²) < 4.78 is 5.12. The van der Waals surface area contributed by atoms with Crippen molar-refractivity contribution in [3.8, 4) is 5.75 Å². The van der Waals surface area contributed by atoms with E-state index in [4.69, 9.17) is 15.7 Å². The predicted octanol–water partition coefficient (Wildman–Crippen LogP) is 2.64. The lowest BCUT2D eigenvalue weighted by Gasteiger charge is -2.06. The van der Waals surface area contributed by atoms with Gasteiger partial charge in [0.15, 0.2) is 5.84 Å². The van der Waals surface area contributed by atoms with E-state index in [1.807, 2.05) is 31.2 Å². The minimum atomic E-state index is 0.0760. The van der Waals surface area contributed by atoms with E-state index in [1.54, 1.807) is 19.2 Å². The van der Waals surface area contributed by atoms with Gasteiger partial charge in [-0.15, -0.1) is 0 Å². The van der Waals surface area contributed by atoms with E-state index >= 15 is 0 Å². The largest absolute Gasteiger partial charge is 0.497 e. The molecule has 0 bridgehead atoms. The molecule has 1 heterocycles. The fourth-order valence-electron chi connectivity index (χ4n) is 1.66. The van der Waals surface area contributed by atoms with Crippen LogP contribution in [0.5, 0.6) is 5.75 Å². The van der Waals surface area contributed by atoms with Gasteiger partial charge in [-0.2, -0.15) is 0 Å². The summed E-state index contributed by atoms with van der Waals surface area (Å²) >= 11 is 1.50. The lowest BCUT2D eigenvalue weighted by molar-refractivity contribution is 0.318. The molecule has 0 amide bonds. The molecule has 5 nitrogen and oxygen atoms in total. The van der Waals surface area contributed by atoms with Crippen molar-refractivity contribution in [2.75, 3.05) is 7.11 Å². The van der Waals surface area contributed by atoms with E-state index in [2.05, 4.69) is 10.1 Å². The molecular weight excluding hydrogens is 274 g/mol. The Balaban J connectivity index is 2.26. The minimum Gasteiger partial charge on any atom is -0.497 e. The topological polar surface area (TPSA) is 80.7 Å². The maximum absolute atomic E-state index is 8.74. The molecule has 6 heteroatoms. The second-order valence-corrected chi connectivity index (χ2v) is 5.19. The summed E-state index contributed by atoms with van der Waals surface area (Å²) in [5, 5.41) is 12.5. The second-order valence-electron chi connectivity index (χ2n) is 4.10. The van der Waals surface area contributed by atoms with Gasteiger partial charge >= 0.3 is 0 Å². The zero-order valence-corrected chi connectivity index (χ0v) is 12.0. The van der Waals surface area contributed by atoms with Gasteiger partial charge < -0.3 is 15.7 Å². The number of pyridine rings is 1. The molecule has 0 saturated heterocycles. The molecule has 0 aliphatic heterocycles. The standard InChI is InChI=1S/C14H15N3O2S/c1-9-7-10(14(15)17-18)8-13(16-9)20-12-5-3-11(19-2)4-6-12/h3-8,18H,1-2H3,(H2,15,17). The molecule has 20 heavy (non-hydrogen) atoms. The fourth-order valence-corrected chi connectivity index (χ4v) is 2.55. The van der Waals surface area contributed by atoms with Gasteiger partial charge in [-0.05, 0) is 43.3 Å². The molecule has 0 unspecified atom stereocenters. The molecular formula is C14H15N3O2S. The van der Waals surface area contributed by atoms with Crippen LogP contribution >= 0.6 is 11.8 Å². The summed E-state index contributed by atoms with van der Waals surface area (Å²) in [5.41, 5.74) is 7.07. The van der Waals surface area contributed by atoms with Gasteiger partial charge in [-0.1, -0.05) is 16.9 Å². The SMILES string of the molecule is COc1ccc(Sc2cc(/C(N)=N/O)cc(C)n2)cc1. The maximum Gasteiger partial charge on any atom is 0.170 e. The Kier molecular flexibility index (Phi) is 4.47. The van der Waals surface area contributed by atoms with Crippen LogP contribution < -0.4 is 10.5 Å². The average Bonchev–Trinajstić information content (AvgIpc) is 2.46. The number of nitrogens with zero attached hydrogens (tertiary/aromatic N) is 2. The zero-order valence-electron chi connectivity index (χ0n) is 11.2. The molecule has 2 rings (SSSR count). The Morgan fingerprint density at radius 1 is 1.30 bits per heavy atom. The monoisotopic (exact) mass is 289 g/mol. The number of aryl methyl sites for hydroxylation is 1. The van der Waals surface area contributed by atoms with Gasteiger partial charge in [0.2, 0.25) is 0 Å². The van der Waals surface area contributed by atoms with E-state index in [-0.39, 0.29) is 5.84 Å². The number of methoxy groups -OCH3 is 1. The first-order chi connectivity index (χ1) is 9.62. The quantitative estimate of drug-likeness (QED) is 0.391. The van der Waals surface area contributed by atoms with E-state index in [9.17, 15) is 0 Å². The highest BCUT2D eigenvalue weighted by molar-refractivity contribution is 7.99. The van der Waals surface area contributed by atoms with Crippen LogP contribution in [0, 0.1) is 6.92 Å². The summed E-state index contributed by atoms with van der Waals surface area (Å²) in [5.74, 6) is 0.885. The van der Waals surface area contributed by atoms with Crippen LogP contribution in [0.25, 0.3) is 0 Å². The summed E-state index contributed by atoms with van der Waals surface area (Å²) in [4.78, 5) is 5.46. The first-order valence-electron chi connectivity index (χ1n) is 5.91. The van der Waals surface area contributed by atoms with Crippen molar-refractivity contribution in [2.45, 2.75) is 16.8 Å². The summed E-state index contributed by atoms with van der Waals surface area (Å²) in [6.07, 6.45) is 0. The Bertz CT molecular complexity index is 627. The smallest absolute Gasteiger partial charge is 0.170 e. The number of aromatic nitrogens is 1. The van der Waals surface area contributed by atoms with E-state index in [0.717, 1.165) is 21.4 Å². The molecule has 1 aromatic heterocycles. The molecule has 0 atom stereocenters. The van der Waals surface area contributed by atoms with E-state index in [0.29, 0.717) is 5.56 Å². The predicted molar refractivity (Wildman–Crippen MR) is 78.6 cm³/mol. The number of benzene rings is 1. The lowest BCUT2D eigenvalue weighted by atomic mass is 10.2. The minimum absolute atomic E-state index is 0.0760. The summed E-state index contributed by atoms with van der Waals surface area (Å²) in [6, 6.07) is 11.3. The van der Waals surface area contributed by atoms with Crippen molar-refractivity contribution in [3.63, 3.8) is 0 Å². The van der Waals surface area contributed by atoms with Crippen molar-refractivity contribution < 1.29 is 9.94 Å². The molecule has 0 spiro atoms. The van der Waals surface area contributed by atoms with Gasteiger partial charge in [0.05, 0.1) is 7.11 Å². The number of rotatable bonds is 4. The van der Waals surface area contributed by atoms with Gasteiger partial charge in [-0.3, -0.25) is 0 Å². The van der Waals surface area contributed by atoms with Gasteiger partial charge in [0.1, 0.15) is 10.8 Å². The van der Waals surface area contributed by atoms with Crippen molar-refractivity contribution in [3.05, 3.63) is 47.7 Å². The molecule has 3 N–H and O–H groups in total. The van der Waals surface area contributed by atoms with Gasteiger partial charge in [0.25, 0.3) is 0 Å². The normalized spacial score (nSPS) is 11.4. The Morgan fingerprint density at radius 3 is 2.60 bits per heavy atom. The van der Waals surface area contributed by atoms with Gasteiger partial charge in [0, 0.05) is 16.2 Å². The Labute approximate surface area is 121 Å². The van der Waals surface area contributed by atoms with Crippen LogP contribution in [0.15, 0.2) is 51.5 Å². The lowest BCUT2D eigenvalue weighted by Crippen LogP contribution is -2.13. The van der Waals surface area contributed by atoms with E-state index < -0.39 is 0 Å². The first-order valence-corrected chi connectivity index (χ1v) is 6.72. The Morgan fingerprint density at radius 2 is 2.00 bits per heavy atom. The highest BCUT2D eigenvalue weighted by Gasteiger charge is 2.06. The van der Waals surface area contributed by atoms with Crippen LogP contribution in [0.4, 0.5) is 0 Å². The number of hydrogen-bond acceptors (Lipinski definition) is 5. The van der Waals surface area contributed by atoms with Crippen LogP contribution in [-0.4, -0.2) is 23.1 Å². The number of amidine groups is 1. The third-order valence-corrected chi connectivity index (χ3v) is 3.54. The summed E-state index contributed by atoms with van der Waals surface area (Å²) in [7, 11) is 1.63. The average molecular weight is 289 g/mol. The molecule has 0 fully saturated rings. The van der Waals surface area contributed by atoms with Crippen LogP contribution in [-0.2, 0) is 0 Å². The highest BCUT2D eigenvalue weighted by Crippen LogP contribution is 2.28. The molecule has 2 aromatic rings. The zero-order chi connectivity index (χ0) is 14.5. The molecule has 0 aliphatic rings. The molecule has 0 aliphatic carbocycles. The van der Waals surface area contributed by atoms with Gasteiger partial charge in [-0.25, -0.2) is 4.98 Å². The van der Waals surface area contributed by atoms with Crippen LogP contribution in [0.1, 0.15) is 11.3 Å². The van der Waals surface area contributed by atoms with Crippen molar-refractivity contribution in [2.24, 2.45) is 10.9 Å². The molecule has 1 aromatic carbocycles. The molecule has 0 radical (unpaired) electrons. The number of nitrogens with two attached hydrogens (primary N) is 1. The third-order valence-electron chi connectivity index (χ3n) is 2.62. The maximum atomic E-state index is 8.74. The molecule has 104 valence electrons. The van der Waals surface area contributed by atoms with Crippen molar-refractivity contribution in [1.82, 2.24) is 4.98 Å². The third kappa shape index (κ3) is 3.42. The summed E-state index contributed by atoms with van der Waals surface area (Å²) in [6.45, 7) is 1.87. The second kappa shape index (κ2) is 6.29. The number of oxime groups is 1. The van der Waals surface area contributed by atoms with E-state index in [1.165, 1.54) is 11.8 Å².